The Hall–Kier alpha value is -1.68. The molecule has 0 fully saturated rings. The monoisotopic (exact) mass is 243 g/mol. The van der Waals surface area contributed by atoms with Gasteiger partial charge in [0.05, 0.1) is 11.9 Å². The molecule has 0 aliphatic heterocycles. The summed E-state index contributed by atoms with van der Waals surface area (Å²) in [5.74, 6) is 0. The predicted octanol–water partition coefficient (Wildman–Crippen LogP) is 3.41. The van der Waals surface area contributed by atoms with E-state index in [1.165, 1.54) is 12.0 Å². The largest absolute Gasteiger partial charge is 0.217 e. The molecule has 4 heteroatoms. The molecule has 86 valence electrons. The van der Waals surface area contributed by atoms with Crippen LogP contribution in [-0.2, 0) is 6.42 Å². The number of aromatic nitrogens is 3. The Bertz CT molecular complexity index is 593. The van der Waals surface area contributed by atoms with E-state index in [9.17, 15) is 0 Å². The van der Waals surface area contributed by atoms with Crippen LogP contribution >= 0.6 is 11.3 Å². The van der Waals surface area contributed by atoms with Crippen molar-refractivity contribution in [3.63, 3.8) is 0 Å². The van der Waals surface area contributed by atoms with Crippen molar-refractivity contribution in [3.05, 3.63) is 41.5 Å². The van der Waals surface area contributed by atoms with E-state index in [-0.39, 0.29) is 0 Å². The van der Waals surface area contributed by atoms with E-state index in [4.69, 9.17) is 0 Å². The Morgan fingerprint density at radius 2 is 2.06 bits per heavy atom. The lowest BCUT2D eigenvalue weighted by atomic mass is 10.1. The average Bonchev–Trinajstić information content (AvgIpc) is 2.90. The van der Waals surface area contributed by atoms with Crippen molar-refractivity contribution in [1.29, 1.82) is 0 Å². The number of hydrogen-bond acceptors (Lipinski definition) is 3. The molecule has 0 unspecified atom stereocenters. The van der Waals surface area contributed by atoms with Crippen LogP contribution in [0.4, 0.5) is 0 Å². The smallest absolute Gasteiger partial charge is 0.212 e. The van der Waals surface area contributed by atoms with Gasteiger partial charge in [-0.1, -0.05) is 48.9 Å². The fraction of sp³-hybridized carbons (Fsp3) is 0.231. The van der Waals surface area contributed by atoms with Crippen molar-refractivity contribution in [3.8, 4) is 11.3 Å². The van der Waals surface area contributed by atoms with Crippen molar-refractivity contribution >= 4 is 16.3 Å². The van der Waals surface area contributed by atoms with Crippen LogP contribution in [0.5, 0.6) is 0 Å². The minimum atomic E-state index is 0.942. The molecule has 0 saturated carbocycles. The molecule has 17 heavy (non-hydrogen) atoms. The molecule has 0 atom stereocenters. The van der Waals surface area contributed by atoms with Gasteiger partial charge in [-0.15, -0.1) is 0 Å². The maximum atomic E-state index is 4.54. The Morgan fingerprint density at radius 1 is 1.24 bits per heavy atom. The lowest BCUT2D eigenvalue weighted by Crippen LogP contribution is -1.83. The van der Waals surface area contributed by atoms with Gasteiger partial charge < -0.3 is 0 Å². The normalized spacial score (nSPS) is 11.1. The maximum absolute atomic E-state index is 4.54. The van der Waals surface area contributed by atoms with Crippen molar-refractivity contribution in [2.24, 2.45) is 0 Å². The molecular weight excluding hydrogens is 230 g/mol. The van der Waals surface area contributed by atoms with Crippen molar-refractivity contribution in [1.82, 2.24) is 14.6 Å². The number of rotatable bonds is 3. The van der Waals surface area contributed by atoms with Gasteiger partial charge in [-0.2, -0.15) is 5.10 Å². The molecule has 0 amide bonds. The third kappa shape index (κ3) is 1.96. The molecule has 0 aliphatic carbocycles. The number of imidazole rings is 1. The number of aryl methyl sites for hydroxylation is 1. The summed E-state index contributed by atoms with van der Waals surface area (Å²) in [6.45, 7) is 2.20. The Morgan fingerprint density at radius 3 is 2.76 bits per heavy atom. The van der Waals surface area contributed by atoms with Crippen molar-refractivity contribution in [2.75, 3.05) is 0 Å². The van der Waals surface area contributed by atoms with Gasteiger partial charge in [0.2, 0.25) is 4.96 Å². The first-order valence-corrected chi connectivity index (χ1v) is 6.63. The van der Waals surface area contributed by atoms with Crippen LogP contribution in [0.25, 0.3) is 16.2 Å². The van der Waals surface area contributed by atoms with Crippen LogP contribution in [0.15, 0.2) is 36.0 Å². The predicted molar refractivity (Wildman–Crippen MR) is 70.3 cm³/mol. The van der Waals surface area contributed by atoms with E-state index in [0.717, 1.165) is 22.6 Å². The fourth-order valence-electron chi connectivity index (χ4n) is 1.91. The summed E-state index contributed by atoms with van der Waals surface area (Å²) < 4.78 is 1.82. The van der Waals surface area contributed by atoms with E-state index in [0.29, 0.717) is 0 Å². The second-order valence-corrected chi connectivity index (χ2v) is 4.85. The Labute approximate surface area is 104 Å². The van der Waals surface area contributed by atoms with Crippen LogP contribution in [0, 0.1) is 0 Å². The minimum Gasteiger partial charge on any atom is -0.217 e. The third-order valence-corrected chi connectivity index (χ3v) is 3.46. The molecule has 0 bridgehead atoms. The van der Waals surface area contributed by atoms with Crippen LogP contribution in [-0.4, -0.2) is 14.6 Å². The zero-order valence-electron chi connectivity index (χ0n) is 9.63. The molecule has 0 saturated heterocycles. The van der Waals surface area contributed by atoms with E-state index in [1.54, 1.807) is 16.8 Å². The summed E-state index contributed by atoms with van der Waals surface area (Å²) in [6, 6.07) is 8.63. The van der Waals surface area contributed by atoms with Crippen LogP contribution < -0.4 is 0 Å². The number of fused-ring (bicyclic) bond motifs is 1. The highest BCUT2D eigenvalue weighted by atomic mass is 32.1. The standard InChI is InChI=1S/C13H13N3S/c1-2-3-10-4-6-11(7-5-10)12-8-16-13(15-12)17-9-14-16/h4-9H,2-3H2,1H3. The summed E-state index contributed by atoms with van der Waals surface area (Å²) in [7, 11) is 0. The molecule has 3 nitrogen and oxygen atoms in total. The van der Waals surface area contributed by atoms with Gasteiger partial charge in [0.25, 0.3) is 0 Å². The van der Waals surface area contributed by atoms with E-state index in [1.807, 2.05) is 10.7 Å². The number of benzene rings is 1. The number of hydrogen-bond donors (Lipinski definition) is 0. The highest BCUT2D eigenvalue weighted by Gasteiger charge is 2.05. The highest BCUT2D eigenvalue weighted by Crippen LogP contribution is 2.21. The summed E-state index contributed by atoms with van der Waals surface area (Å²) in [4.78, 5) is 5.48. The van der Waals surface area contributed by atoms with Gasteiger partial charge in [-0.05, 0) is 12.0 Å². The van der Waals surface area contributed by atoms with Crippen molar-refractivity contribution in [2.45, 2.75) is 19.8 Å². The first-order valence-electron chi connectivity index (χ1n) is 5.75. The Balaban J connectivity index is 1.95. The van der Waals surface area contributed by atoms with Crippen LogP contribution in [0.2, 0.25) is 0 Å². The van der Waals surface area contributed by atoms with Gasteiger partial charge in [0.15, 0.2) is 0 Å². The molecule has 3 rings (SSSR count). The summed E-state index contributed by atoms with van der Waals surface area (Å²) in [6.07, 6.45) is 4.30. The van der Waals surface area contributed by atoms with Gasteiger partial charge in [0.1, 0.15) is 5.51 Å². The molecule has 3 aromatic rings. The van der Waals surface area contributed by atoms with Gasteiger partial charge >= 0.3 is 0 Å². The maximum Gasteiger partial charge on any atom is 0.212 e. The average molecular weight is 243 g/mol. The molecule has 0 spiro atoms. The second kappa shape index (κ2) is 4.30. The first-order chi connectivity index (χ1) is 8.36. The topological polar surface area (TPSA) is 30.2 Å². The highest BCUT2D eigenvalue weighted by molar-refractivity contribution is 7.14. The van der Waals surface area contributed by atoms with E-state index < -0.39 is 0 Å². The summed E-state index contributed by atoms with van der Waals surface area (Å²) in [5, 5.41) is 4.18. The van der Waals surface area contributed by atoms with E-state index >= 15 is 0 Å². The molecule has 0 N–H and O–H groups in total. The second-order valence-electron chi connectivity index (χ2n) is 4.04. The molecule has 2 heterocycles. The van der Waals surface area contributed by atoms with Gasteiger partial charge in [0, 0.05) is 5.56 Å². The fourth-order valence-corrected chi connectivity index (χ4v) is 2.51. The first kappa shape index (κ1) is 10.5. The molecule has 0 aliphatic rings. The van der Waals surface area contributed by atoms with Crippen molar-refractivity contribution < 1.29 is 0 Å². The molecule has 1 aromatic carbocycles. The van der Waals surface area contributed by atoms with Crippen LogP contribution in [0.1, 0.15) is 18.9 Å². The quantitative estimate of drug-likeness (QED) is 0.705. The van der Waals surface area contributed by atoms with Gasteiger partial charge in [-0.3, -0.25) is 0 Å². The molecular formula is C13H13N3S. The van der Waals surface area contributed by atoms with Gasteiger partial charge in [-0.25, -0.2) is 9.50 Å². The minimum absolute atomic E-state index is 0.942. The molecule has 2 aromatic heterocycles. The molecule has 0 radical (unpaired) electrons. The van der Waals surface area contributed by atoms with Crippen LogP contribution in [0.3, 0.4) is 0 Å². The zero-order chi connectivity index (χ0) is 11.7. The summed E-state index contributed by atoms with van der Waals surface area (Å²) in [5.41, 5.74) is 5.33. The van der Waals surface area contributed by atoms with E-state index in [2.05, 4.69) is 41.3 Å². The summed E-state index contributed by atoms with van der Waals surface area (Å²) >= 11 is 1.55. The Kier molecular flexibility index (Phi) is 2.65. The lowest BCUT2D eigenvalue weighted by Gasteiger charge is -2.00. The lowest BCUT2D eigenvalue weighted by molar-refractivity contribution is 0.922. The zero-order valence-corrected chi connectivity index (χ0v) is 10.4. The number of nitrogens with zero attached hydrogens (tertiary/aromatic N) is 3. The third-order valence-electron chi connectivity index (χ3n) is 2.77. The SMILES string of the molecule is CCCc1ccc(-c2cn3ncsc3n2)cc1.